The largest absolute Gasteiger partial charge is 0.322 e. The van der Waals surface area contributed by atoms with Crippen molar-refractivity contribution in [2.45, 2.75) is 0 Å². The molecule has 0 heterocycles. The summed E-state index contributed by atoms with van der Waals surface area (Å²) in [4.78, 5) is 24.2. The van der Waals surface area contributed by atoms with Gasteiger partial charge in [0.1, 0.15) is 0 Å². The lowest BCUT2D eigenvalue weighted by atomic mass is 10.1. The van der Waals surface area contributed by atoms with E-state index in [9.17, 15) is 9.59 Å². The van der Waals surface area contributed by atoms with Crippen LogP contribution in [0, 0.1) is 0 Å². The normalized spacial score (nSPS) is 11.0. The van der Waals surface area contributed by atoms with Gasteiger partial charge in [0, 0.05) is 17.3 Å². The van der Waals surface area contributed by atoms with E-state index < -0.39 is 0 Å². The van der Waals surface area contributed by atoms with Gasteiger partial charge in [-0.1, -0.05) is 78.9 Å². The Labute approximate surface area is 158 Å². The lowest BCUT2D eigenvalue weighted by Crippen LogP contribution is -2.07. The average molecular weight is 353 g/mol. The van der Waals surface area contributed by atoms with Crippen molar-refractivity contribution in [3.8, 4) is 0 Å². The van der Waals surface area contributed by atoms with Gasteiger partial charge in [0.15, 0.2) is 5.78 Å². The van der Waals surface area contributed by atoms with Crippen LogP contribution in [0.1, 0.15) is 21.5 Å². The van der Waals surface area contributed by atoms with Crippen molar-refractivity contribution in [2.24, 2.45) is 0 Å². The number of allylic oxidation sites excluding steroid dienone is 1. The summed E-state index contributed by atoms with van der Waals surface area (Å²) < 4.78 is 0. The Morgan fingerprint density at radius 1 is 0.667 bits per heavy atom. The molecule has 3 aromatic rings. The molecule has 0 aliphatic carbocycles. The number of carbonyl (C=O) groups is 2. The molecule has 0 radical (unpaired) electrons. The Bertz CT molecular complexity index is 974. The molecule has 0 fully saturated rings. The number of amides is 1. The third kappa shape index (κ3) is 5.65. The molecule has 0 aliphatic rings. The molecule has 0 unspecified atom stereocenters. The van der Waals surface area contributed by atoms with E-state index in [0.717, 1.165) is 11.1 Å². The monoisotopic (exact) mass is 353 g/mol. The van der Waals surface area contributed by atoms with Crippen LogP contribution < -0.4 is 5.32 Å². The molecule has 0 saturated heterocycles. The molecule has 0 atom stereocenters. The molecule has 3 rings (SSSR count). The quantitative estimate of drug-likeness (QED) is 0.487. The minimum Gasteiger partial charge on any atom is -0.322 e. The second-order valence-electron chi connectivity index (χ2n) is 5.92. The van der Waals surface area contributed by atoms with E-state index in [-0.39, 0.29) is 11.7 Å². The van der Waals surface area contributed by atoms with Gasteiger partial charge in [-0.25, -0.2) is 0 Å². The number of nitrogens with one attached hydrogen (secondary N) is 1. The molecule has 0 aromatic heterocycles. The molecule has 27 heavy (non-hydrogen) atoms. The summed E-state index contributed by atoms with van der Waals surface area (Å²) in [6, 6.07) is 26.1. The van der Waals surface area contributed by atoms with Crippen molar-refractivity contribution in [2.75, 3.05) is 5.32 Å². The molecule has 0 bridgehead atoms. The molecule has 0 spiro atoms. The fourth-order valence-corrected chi connectivity index (χ4v) is 2.51. The molecular weight excluding hydrogens is 334 g/mol. The molecule has 132 valence electrons. The first-order valence-corrected chi connectivity index (χ1v) is 8.62. The first-order chi connectivity index (χ1) is 13.2. The predicted molar refractivity (Wildman–Crippen MR) is 110 cm³/mol. The van der Waals surface area contributed by atoms with Crippen LogP contribution in [-0.2, 0) is 4.79 Å². The summed E-state index contributed by atoms with van der Waals surface area (Å²) in [6.07, 6.45) is 6.53. The highest BCUT2D eigenvalue weighted by atomic mass is 16.1. The van der Waals surface area contributed by atoms with Crippen molar-refractivity contribution in [1.82, 2.24) is 0 Å². The maximum atomic E-state index is 12.1. The number of benzene rings is 3. The van der Waals surface area contributed by atoms with Crippen LogP contribution >= 0.6 is 0 Å². The zero-order valence-corrected chi connectivity index (χ0v) is 14.7. The highest BCUT2D eigenvalue weighted by molar-refractivity contribution is 6.07. The van der Waals surface area contributed by atoms with Crippen molar-refractivity contribution < 1.29 is 9.59 Å². The SMILES string of the molecule is O=C(C=Cc1ccccc1)Nc1cccc(C=CC(=O)c2ccccc2)c1. The van der Waals surface area contributed by atoms with Crippen molar-refractivity contribution in [1.29, 1.82) is 0 Å². The van der Waals surface area contributed by atoms with E-state index in [2.05, 4.69) is 5.32 Å². The van der Waals surface area contributed by atoms with Crippen LogP contribution in [0.4, 0.5) is 5.69 Å². The summed E-state index contributed by atoms with van der Waals surface area (Å²) in [5.41, 5.74) is 3.11. The Morgan fingerprint density at radius 3 is 2.04 bits per heavy atom. The van der Waals surface area contributed by atoms with E-state index in [0.29, 0.717) is 11.3 Å². The van der Waals surface area contributed by atoms with Crippen LogP contribution in [-0.4, -0.2) is 11.7 Å². The number of rotatable bonds is 6. The van der Waals surface area contributed by atoms with Crippen LogP contribution in [0.2, 0.25) is 0 Å². The highest BCUT2D eigenvalue weighted by Crippen LogP contribution is 2.13. The Kier molecular flexibility index (Phi) is 6.10. The molecule has 0 saturated carbocycles. The lowest BCUT2D eigenvalue weighted by molar-refractivity contribution is -0.111. The summed E-state index contributed by atoms with van der Waals surface area (Å²) in [6.45, 7) is 0. The van der Waals surface area contributed by atoms with Gasteiger partial charge in [-0.05, 0) is 35.4 Å². The zero-order valence-electron chi connectivity index (χ0n) is 14.7. The summed E-state index contributed by atoms with van der Waals surface area (Å²) in [5, 5.41) is 2.83. The summed E-state index contributed by atoms with van der Waals surface area (Å²) in [5.74, 6) is -0.267. The number of hydrogen-bond acceptors (Lipinski definition) is 2. The smallest absolute Gasteiger partial charge is 0.248 e. The topological polar surface area (TPSA) is 46.2 Å². The van der Waals surface area contributed by atoms with Crippen LogP contribution in [0.15, 0.2) is 97.1 Å². The van der Waals surface area contributed by atoms with Crippen molar-refractivity contribution in [3.63, 3.8) is 0 Å². The first kappa shape index (κ1) is 18.1. The van der Waals surface area contributed by atoms with Gasteiger partial charge in [0.25, 0.3) is 0 Å². The fourth-order valence-electron chi connectivity index (χ4n) is 2.51. The van der Waals surface area contributed by atoms with Crippen LogP contribution in [0.5, 0.6) is 0 Å². The first-order valence-electron chi connectivity index (χ1n) is 8.62. The van der Waals surface area contributed by atoms with E-state index in [1.54, 1.807) is 24.3 Å². The van der Waals surface area contributed by atoms with E-state index in [1.807, 2.05) is 72.8 Å². The van der Waals surface area contributed by atoms with E-state index in [1.165, 1.54) is 12.2 Å². The second-order valence-corrected chi connectivity index (χ2v) is 5.92. The molecule has 3 aromatic carbocycles. The number of anilines is 1. The van der Waals surface area contributed by atoms with Crippen molar-refractivity contribution >= 4 is 29.5 Å². The number of hydrogen-bond donors (Lipinski definition) is 1. The summed E-state index contributed by atoms with van der Waals surface area (Å²) in [7, 11) is 0. The maximum absolute atomic E-state index is 12.1. The molecule has 3 heteroatoms. The third-order valence-electron chi connectivity index (χ3n) is 3.87. The molecular formula is C24H19NO2. The van der Waals surface area contributed by atoms with Gasteiger partial charge in [0.2, 0.25) is 5.91 Å². The Balaban J connectivity index is 1.63. The van der Waals surface area contributed by atoms with Crippen molar-refractivity contribution in [3.05, 3.63) is 114 Å². The average Bonchev–Trinajstić information content (AvgIpc) is 2.72. The van der Waals surface area contributed by atoms with Gasteiger partial charge >= 0.3 is 0 Å². The zero-order chi connectivity index (χ0) is 18.9. The molecule has 1 amide bonds. The minimum absolute atomic E-state index is 0.0594. The fraction of sp³-hybridized carbons (Fsp3) is 0. The van der Waals surface area contributed by atoms with Gasteiger partial charge in [0.05, 0.1) is 0 Å². The highest BCUT2D eigenvalue weighted by Gasteiger charge is 2.01. The second kappa shape index (κ2) is 9.11. The number of carbonyl (C=O) groups excluding carboxylic acids is 2. The predicted octanol–water partition coefficient (Wildman–Crippen LogP) is 5.23. The van der Waals surface area contributed by atoms with Crippen LogP contribution in [0.3, 0.4) is 0 Å². The van der Waals surface area contributed by atoms with Crippen LogP contribution in [0.25, 0.3) is 12.2 Å². The summed E-state index contributed by atoms with van der Waals surface area (Å²) >= 11 is 0. The lowest BCUT2D eigenvalue weighted by Gasteiger charge is -2.03. The van der Waals surface area contributed by atoms with Gasteiger partial charge < -0.3 is 5.32 Å². The molecule has 0 aliphatic heterocycles. The Morgan fingerprint density at radius 2 is 1.30 bits per heavy atom. The van der Waals surface area contributed by atoms with Gasteiger partial charge in [-0.3, -0.25) is 9.59 Å². The maximum Gasteiger partial charge on any atom is 0.248 e. The van der Waals surface area contributed by atoms with Gasteiger partial charge in [-0.15, -0.1) is 0 Å². The molecule has 1 N–H and O–H groups in total. The third-order valence-corrected chi connectivity index (χ3v) is 3.87. The molecule has 3 nitrogen and oxygen atoms in total. The Hall–Kier alpha value is -3.72. The number of ketones is 1. The minimum atomic E-state index is -0.208. The van der Waals surface area contributed by atoms with Gasteiger partial charge in [-0.2, -0.15) is 0 Å². The standard InChI is InChI=1S/C24H19NO2/c26-23(21-11-5-2-6-12-21)16-14-20-10-7-13-22(18-20)25-24(27)17-15-19-8-3-1-4-9-19/h1-18H,(H,25,27). The van der Waals surface area contributed by atoms with E-state index >= 15 is 0 Å². The van der Waals surface area contributed by atoms with E-state index in [4.69, 9.17) is 0 Å².